The third-order valence-corrected chi connectivity index (χ3v) is 8.21. The number of benzene rings is 1. The van der Waals surface area contributed by atoms with Crippen molar-refractivity contribution in [1.29, 1.82) is 0 Å². The fourth-order valence-corrected chi connectivity index (χ4v) is 6.32. The van der Waals surface area contributed by atoms with E-state index in [0.717, 1.165) is 22.4 Å². The summed E-state index contributed by atoms with van der Waals surface area (Å²) in [5.74, 6) is 0.645. The molecule has 0 bridgehead atoms. The summed E-state index contributed by atoms with van der Waals surface area (Å²) >= 11 is 3.29. The van der Waals surface area contributed by atoms with Crippen molar-refractivity contribution in [3.05, 3.63) is 58.0 Å². The van der Waals surface area contributed by atoms with Crippen molar-refractivity contribution < 1.29 is 14.3 Å². The molecule has 0 fully saturated rings. The molecule has 0 saturated carbocycles. The first-order valence-corrected chi connectivity index (χ1v) is 13.3. The molecule has 2 aliphatic heterocycles. The summed E-state index contributed by atoms with van der Waals surface area (Å²) in [4.78, 5) is 39.4. The summed E-state index contributed by atoms with van der Waals surface area (Å²) in [7, 11) is 0. The maximum atomic E-state index is 13.2. The van der Waals surface area contributed by atoms with Gasteiger partial charge in [-0.05, 0) is 50.0 Å². The van der Waals surface area contributed by atoms with Crippen molar-refractivity contribution in [3.8, 4) is 0 Å². The predicted molar refractivity (Wildman–Crippen MR) is 131 cm³/mol. The predicted octanol–water partition coefficient (Wildman–Crippen LogP) is 4.28. The zero-order chi connectivity index (χ0) is 23.6. The Bertz CT molecular complexity index is 1440. The van der Waals surface area contributed by atoms with E-state index >= 15 is 0 Å². The zero-order valence-electron chi connectivity index (χ0n) is 19.1. The number of amides is 2. The molecular formula is C24H23N5O3S2. The minimum atomic E-state index is -0.552. The first kappa shape index (κ1) is 21.7. The van der Waals surface area contributed by atoms with Crippen LogP contribution in [0.2, 0.25) is 0 Å². The van der Waals surface area contributed by atoms with Crippen LogP contribution in [-0.2, 0) is 17.8 Å². The van der Waals surface area contributed by atoms with E-state index < -0.39 is 6.04 Å². The molecule has 0 spiro atoms. The minimum Gasteiger partial charge on any atom is -0.370 e. The van der Waals surface area contributed by atoms with Crippen LogP contribution in [0, 0.1) is 0 Å². The Hall–Kier alpha value is -2.82. The highest BCUT2D eigenvalue weighted by Gasteiger charge is 2.42. The fraction of sp³-hybridized carbons (Fsp3) is 0.375. The highest BCUT2D eigenvalue weighted by Crippen LogP contribution is 2.40. The SMILES string of the molecule is CSCCC(c1nc2c3c4c(sc3ncn2n1)COC(C)(C)C4)N1C(=O)c2ccccc2C1=O. The Morgan fingerprint density at radius 1 is 1.21 bits per heavy atom. The second-order valence-corrected chi connectivity index (χ2v) is 11.3. The quantitative estimate of drug-likeness (QED) is 0.383. The van der Waals surface area contributed by atoms with Gasteiger partial charge in [0.2, 0.25) is 0 Å². The smallest absolute Gasteiger partial charge is 0.262 e. The maximum Gasteiger partial charge on any atom is 0.262 e. The van der Waals surface area contributed by atoms with Crippen LogP contribution in [-0.4, -0.2) is 53.9 Å². The van der Waals surface area contributed by atoms with Gasteiger partial charge in [0.05, 0.1) is 28.7 Å². The number of imide groups is 1. The van der Waals surface area contributed by atoms with Crippen LogP contribution in [0.4, 0.5) is 0 Å². The Kier molecular flexibility index (Phi) is 5.02. The van der Waals surface area contributed by atoms with Crippen LogP contribution in [0.5, 0.6) is 0 Å². The third-order valence-electron chi connectivity index (χ3n) is 6.45. The molecule has 1 aromatic carbocycles. The average Bonchev–Trinajstić information content (AvgIpc) is 3.47. The van der Waals surface area contributed by atoms with E-state index in [2.05, 4.69) is 18.8 Å². The Labute approximate surface area is 204 Å². The molecule has 1 unspecified atom stereocenters. The number of nitrogens with zero attached hydrogens (tertiary/aromatic N) is 5. The lowest BCUT2D eigenvalue weighted by Crippen LogP contribution is -2.35. The Morgan fingerprint density at radius 3 is 2.65 bits per heavy atom. The van der Waals surface area contributed by atoms with Gasteiger partial charge in [-0.15, -0.1) is 16.4 Å². The van der Waals surface area contributed by atoms with E-state index in [-0.39, 0.29) is 17.4 Å². The second kappa shape index (κ2) is 7.86. The van der Waals surface area contributed by atoms with Gasteiger partial charge in [0.25, 0.3) is 11.8 Å². The number of carbonyl (C=O) groups excluding carboxylic acids is 2. The van der Waals surface area contributed by atoms with Gasteiger partial charge in [0, 0.05) is 11.3 Å². The lowest BCUT2D eigenvalue weighted by Gasteiger charge is -2.30. The average molecular weight is 494 g/mol. The van der Waals surface area contributed by atoms with E-state index in [1.807, 2.05) is 6.26 Å². The van der Waals surface area contributed by atoms with Gasteiger partial charge in [-0.1, -0.05) is 12.1 Å². The highest BCUT2D eigenvalue weighted by atomic mass is 32.2. The van der Waals surface area contributed by atoms with E-state index in [1.165, 1.54) is 15.3 Å². The van der Waals surface area contributed by atoms with Gasteiger partial charge in [-0.3, -0.25) is 14.5 Å². The molecule has 2 amide bonds. The number of fused-ring (bicyclic) bond motifs is 6. The standard InChI is InChI=1S/C24H23N5O3S2/c1-24(2)10-15-17(11-32-24)34-21-18(15)20-26-19(27-28(20)12-25-21)16(8-9-33-3)29-22(30)13-6-4-5-7-14(13)23(29)31/h4-7,12,16H,8-11H2,1-3H3. The van der Waals surface area contributed by atoms with Crippen LogP contribution in [0.1, 0.15) is 63.3 Å². The number of hydrogen-bond acceptors (Lipinski definition) is 8. The summed E-state index contributed by atoms with van der Waals surface area (Å²) in [5, 5.41) is 5.71. The van der Waals surface area contributed by atoms with Gasteiger partial charge in [0.1, 0.15) is 17.2 Å². The number of aromatic nitrogens is 4. The van der Waals surface area contributed by atoms with Crippen molar-refractivity contribution in [1.82, 2.24) is 24.5 Å². The largest absolute Gasteiger partial charge is 0.370 e. The van der Waals surface area contributed by atoms with E-state index in [4.69, 9.17) is 14.8 Å². The van der Waals surface area contributed by atoms with E-state index in [0.29, 0.717) is 35.6 Å². The molecule has 4 aromatic rings. The molecule has 6 rings (SSSR count). The molecule has 0 N–H and O–H groups in total. The van der Waals surface area contributed by atoms with Gasteiger partial charge < -0.3 is 4.74 Å². The molecule has 5 heterocycles. The molecular weight excluding hydrogens is 470 g/mol. The minimum absolute atomic E-state index is 0.266. The van der Waals surface area contributed by atoms with Gasteiger partial charge in [0.15, 0.2) is 11.5 Å². The first-order valence-electron chi connectivity index (χ1n) is 11.1. The van der Waals surface area contributed by atoms with Crippen LogP contribution in [0.15, 0.2) is 30.6 Å². The lowest BCUT2D eigenvalue weighted by molar-refractivity contribution is -0.0379. The maximum absolute atomic E-state index is 13.2. The molecule has 3 aromatic heterocycles. The molecule has 0 aliphatic carbocycles. The summed E-state index contributed by atoms with van der Waals surface area (Å²) in [6, 6.07) is 6.41. The topological polar surface area (TPSA) is 89.7 Å². The van der Waals surface area contributed by atoms with Gasteiger partial charge in [-0.2, -0.15) is 11.8 Å². The monoisotopic (exact) mass is 493 g/mol. The number of thiophene rings is 1. The number of ether oxygens (including phenoxy) is 1. The molecule has 0 saturated heterocycles. The van der Waals surface area contributed by atoms with Crippen LogP contribution < -0.4 is 0 Å². The van der Waals surface area contributed by atoms with Gasteiger partial charge in [-0.25, -0.2) is 14.5 Å². The summed E-state index contributed by atoms with van der Waals surface area (Å²) < 4.78 is 7.68. The summed E-state index contributed by atoms with van der Waals surface area (Å²) in [5.41, 5.74) is 2.51. The number of thioether (sulfide) groups is 1. The molecule has 8 nitrogen and oxygen atoms in total. The summed E-state index contributed by atoms with van der Waals surface area (Å²) in [6.45, 7) is 4.73. The normalized spacial score (nSPS) is 18.0. The molecule has 34 heavy (non-hydrogen) atoms. The van der Waals surface area contributed by atoms with Crippen molar-refractivity contribution in [3.63, 3.8) is 0 Å². The third kappa shape index (κ3) is 3.27. The van der Waals surface area contributed by atoms with Crippen LogP contribution >= 0.6 is 23.1 Å². The number of rotatable bonds is 5. The van der Waals surface area contributed by atoms with Crippen LogP contribution in [0.3, 0.4) is 0 Å². The highest BCUT2D eigenvalue weighted by molar-refractivity contribution is 7.98. The van der Waals surface area contributed by atoms with Crippen molar-refractivity contribution in [2.24, 2.45) is 0 Å². The van der Waals surface area contributed by atoms with Crippen molar-refractivity contribution in [2.45, 2.75) is 44.9 Å². The fourth-order valence-electron chi connectivity index (χ4n) is 4.79. The lowest BCUT2D eigenvalue weighted by atomic mass is 9.94. The Morgan fingerprint density at radius 2 is 1.94 bits per heavy atom. The molecule has 1 atom stereocenters. The van der Waals surface area contributed by atoms with Gasteiger partial charge >= 0.3 is 0 Å². The Balaban J connectivity index is 1.48. The van der Waals surface area contributed by atoms with Crippen molar-refractivity contribution >= 4 is 50.8 Å². The molecule has 10 heteroatoms. The number of carbonyl (C=O) groups is 2. The van der Waals surface area contributed by atoms with Crippen LogP contribution in [0.25, 0.3) is 15.9 Å². The molecule has 2 aliphatic rings. The first-order chi connectivity index (χ1) is 16.4. The van der Waals surface area contributed by atoms with Crippen molar-refractivity contribution in [2.75, 3.05) is 12.0 Å². The summed E-state index contributed by atoms with van der Waals surface area (Å²) in [6.07, 6.45) is 5.00. The molecule has 0 radical (unpaired) electrons. The van der Waals surface area contributed by atoms with E-state index in [1.54, 1.807) is 58.2 Å². The second-order valence-electron chi connectivity index (χ2n) is 9.22. The van der Waals surface area contributed by atoms with E-state index in [9.17, 15) is 9.59 Å². The zero-order valence-corrected chi connectivity index (χ0v) is 20.7. The molecule has 174 valence electrons. The number of hydrogen-bond donors (Lipinski definition) is 0.